The molecule has 0 saturated carbocycles. The van der Waals surface area contributed by atoms with Crippen LogP contribution in [0.5, 0.6) is 11.5 Å². The number of imidazole rings is 1. The van der Waals surface area contributed by atoms with Crippen LogP contribution >= 0.6 is 0 Å². The number of ketones is 1. The molecule has 9 heteroatoms. The van der Waals surface area contributed by atoms with Gasteiger partial charge in [0.15, 0.2) is 0 Å². The Balaban J connectivity index is 1.75. The quantitative estimate of drug-likeness (QED) is 0.182. The van der Waals surface area contributed by atoms with Crippen molar-refractivity contribution >= 4 is 40.1 Å². The van der Waals surface area contributed by atoms with Gasteiger partial charge in [0.2, 0.25) is 5.95 Å². The molecule has 1 aliphatic rings. The third-order valence-electron chi connectivity index (χ3n) is 7.40. The minimum absolute atomic E-state index is 0.0463. The van der Waals surface area contributed by atoms with E-state index in [4.69, 9.17) is 9.47 Å². The van der Waals surface area contributed by atoms with Crippen LogP contribution in [0.3, 0.4) is 0 Å². The van der Waals surface area contributed by atoms with E-state index in [-0.39, 0.29) is 22.7 Å². The number of rotatable bonds is 6. The molecule has 9 nitrogen and oxygen atoms in total. The Morgan fingerprint density at radius 1 is 0.976 bits per heavy atom. The maximum absolute atomic E-state index is 13.7. The van der Waals surface area contributed by atoms with Gasteiger partial charge in [0.05, 0.1) is 42.4 Å². The number of fused-ring (bicyclic) bond motifs is 1. The highest BCUT2D eigenvalue weighted by Crippen LogP contribution is 2.44. The minimum Gasteiger partial charge on any atom is -0.507 e. The maximum atomic E-state index is 13.7. The molecule has 1 unspecified atom stereocenters. The fraction of sp³-hybridized carbons (Fsp3) is 0.281. The number of hydrogen-bond acceptors (Lipinski definition) is 7. The van der Waals surface area contributed by atoms with Crippen LogP contribution in [0.15, 0.2) is 66.2 Å². The molecule has 212 valence electrons. The second-order valence-corrected chi connectivity index (χ2v) is 11.3. The number of nitrogens with zero attached hydrogens (tertiary/aromatic N) is 3. The zero-order chi connectivity index (χ0) is 29.6. The van der Waals surface area contributed by atoms with Crippen LogP contribution < -0.4 is 19.3 Å². The van der Waals surface area contributed by atoms with Crippen molar-refractivity contribution in [1.29, 1.82) is 0 Å². The molecule has 1 fully saturated rings. The SMILES string of the molecule is COc1ccc2nc(N3C(=O)C(=O)/C(=C(/O)c4cc(C(C)(C)C)ccc4OC)C3c3ccc(N(C)C)cc3)[nH]c2c1. The molecule has 0 spiro atoms. The maximum Gasteiger partial charge on any atom is 0.302 e. The Bertz CT molecular complexity index is 1680. The van der Waals surface area contributed by atoms with E-state index in [2.05, 4.69) is 30.7 Å². The number of benzene rings is 3. The first kappa shape index (κ1) is 27.8. The number of carbonyl (C=O) groups excluding carboxylic acids is 2. The lowest BCUT2D eigenvalue weighted by Crippen LogP contribution is -2.30. The second kappa shape index (κ2) is 10.3. The van der Waals surface area contributed by atoms with E-state index in [1.165, 1.54) is 12.0 Å². The fourth-order valence-electron chi connectivity index (χ4n) is 5.04. The molecule has 1 aromatic heterocycles. The highest BCUT2D eigenvalue weighted by Gasteiger charge is 2.48. The summed E-state index contributed by atoms with van der Waals surface area (Å²) in [5.74, 6) is -0.731. The topological polar surface area (TPSA) is 108 Å². The number of aliphatic hydroxyl groups is 1. The number of ether oxygens (including phenoxy) is 2. The number of methoxy groups -OCH3 is 2. The monoisotopic (exact) mass is 554 g/mol. The van der Waals surface area contributed by atoms with E-state index in [9.17, 15) is 14.7 Å². The summed E-state index contributed by atoms with van der Waals surface area (Å²) < 4.78 is 10.9. The van der Waals surface area contributed by atoms with Gasteiger partial charge in [-0.2, -0.15) is 0 Å². The molecule has 41 heavy (non-hydrogen) atoms. The number of amides is 1. The molecule has 1 saturated heterocycles. The Labute approximate surface area is 239 Å². The average Bonchev–Trinajstić information content (AvgIpc) is 3.49. The van der Waals surface area contributed by atoms with Crippen molar-refractivity contribution in [2.24, 2.45) is 0 Å². The summed E-state index contributed by atoms with van der Waals surface area (Å²) in [4.78, 5) is 38.5. The van der Waals surface area contributed by atoms with Crippen molar-refractivity contribution in [3.63, 3.8) is 0 Å². The first-order valence-corrected chi connectivity index (χ1v) is 13.3. The van der Waals surface area contributed by atoms with Crippen molar-refractivity contribution in [2.45, 2.75) is 32.2 Å². The summed E-state index contributed by atoms with van der Waals surface area (Å²) in [6.45, 7) is 6.17. The Kier molecular flexibility index (Phi) is 6.98. The Hall–Kier alpha value is -4.79. The number of anilines is 2. The Morgan fingerprint density at radius 2 is 1.68 bits per heavy atom. The largest absolute Gasteiger partial charge is 0.507 e. The van der Waals surface area contributed by atoms with Gasteiger partial charge >= 0.3 is 5.91 Å². The molecule has 1 amide bonds. The molecule has 1 atom stereocenters. The number of aromatic amines is 1. The predicted octanol–water partition coefficient (Wildman–Crippen LogP) is 5.57. The van der Waals surface area contributed by atoms with Crippen LogP contribution in [0.1, 0.15) is 43.5 Å². The smallest absolute Gasteiger partial charge is 0.302 e. The van der Waals surface area contributed by atoms with Crippen LogP contribution in [0.2, 0.25) is 0 Å². The van der Waals surface area contributed by atoms with Crippen LogP contribution in [0.4, 0.5) is 11.6 Å². The predicted molar refractivity (Wildman–Crippen MR) is 160 cm³/mol. The highest BCUT2D eigenvalue weighted by atomic mass is 16.5. The minimum atomic E-state index is -0.948. The van der Waals surface area contributed by atoms with E-state index in [1.807, 2.05) is 49.3 Å². The van der Waals surface area contributed by atoms with Gasteiger partial charge in [-0.15, -0.1) is 0 Å². The molecule has 5 rings (SSSR count). The number of aliphatic hydroxyl groups excluding tert-OH is 1. The van der Waals surface area contributed by atoms with E-state index < -0.39 is 17.7 Å². The number of carbonyl (C=O) groups is 2. The molecule has 1 aliphatic heterocycles. The van der Waals surface area contributed by atoms with E-state index >= 15 is 0 Å². The number of H-pyrrole nitrogens is 1. The lowest BCUT2D eigenvalue weighted by Gasteiger charge is -2.24. The van der Waals surface area contributed by atoms with Crippen molar-refractivity contribution < 1.29 is 24.2 Å². The average molecular weight is 555 g/mol. The molecular formula is C32H34N4O5. The van der Waals surface area contributed by atoms with Gasteiger partial charge < -0.3 is 24.5 Å². The fourth-order valence-corrected chi connectivity index (χ4v) is 5.04. The van der Waals surface area contributed by atoms with E-state index in [0.29, 0.717) is 33.7 Å². The molecule has 4 aromatic rings. The van der Waals surface area contributed by atoms with Gasteiger partial charge in [-0.05, 0) is 52.9 Å². The molecule has 2 heterocycles. The second-order valence-electron chi connectivity index (χ2n) is 11.3. The molecule has 0 radical (unpaired) electrons. The normalized spacial score (nSPS) is 16.9. The standard InChI is InChI=1S/C32H34N4O5/c1-32(2,3)19-10-15-25(41-7)22(16-19)28(37)26-27(18-8-11-20(12-9-18)35(4)5)36(30(39)29(26)38)31-33-23-14-13-21(40-6)17-24(23)34-31/h8-17,27,37H,1-7H3,(H,33,34)/b28-26+. The van der Waals surface area contributed by atoms with Gasteiger partial charge in [0, 0.05) is 25.8 Å². The lowest BCUT2D eigenvalue weighted by atomic mass is 9.85. The third-order valence-corrected chi connectivity index (χ3v) is 7.40. The number of aromatic nitrogens is 2. The third kappa shape index (κ3) is 4.88. The number of nitrogens with one attached hydrogen (secondary N) is 1. The van der Waals surface area contributed by atoms with E-state index in [0.717, 1.165) is 11.3 Å². The molecule has 0 bridgehead atoms. The van der Waals surface area contributed by atoms with Crippen molar-refractivity contribution in [3.05, 3.63) is 82.9 Å². The van der Waals surface area contributed by atoms with Crippen LogP contribution in [0.25, 0.3) is 16.8 Å². The Morgan fingerprint density at radius 3 is 2.29 bits per heavy atom. The first-order chi connectivity index (χ1) is 19.4. The summed E-state index contributed by atoms with van der Waals surface area (Å²) in [6.07, 6.45) is 0. The molecular weight excluding hydrogens is 520 g/mol. The lowest BCUT2D eigenvalue weighted by molar-refractivity contribution is -0.132. The van der Waals surface area contributed by atoms with Crippen molar-refractivity contribution in [2.75, 3.05) is 38.1 Å². The van der Waals surface area contributed by atoms with Gasteiger partial charge in [-0.3, -0.25) is 14.5 Å². The summed E-state index contributed by atoms with van der Waals surface area (Å²) in [5, 5.41) is 11.8. The number of hydrogen-bond donors (Lipinski definition) is 2. The zero-order valence-electron chi connectivity index (χ0n) is 24.3. The summed E-state index contributed by atoms with van der Waals surface area (Å²) >= 11 is 0. The zero-order valence-corrected chi connectivity index (χ0v) is 24.3. The van der Waals surface area contributed by atoms with E-state index in [1.54, 1.807) is 37.4 Å². The molecule has 0 aliphatic carbocycles. The van der Waals surface area contributed by atoms with Gasteiger partial charge in [-0.25, -0.2) is 4.98 Å². The summed E-state index contributed by atoms with van der Waals surface area (Å²) in [7, 11) is 6.93. The summed E-state index contributed by atoms with van der Waals surface area (Å²) in [5.41, 5.74) is 3.82. The molecule has 3 aromatic carbocycles. The van der Waals surface area contributed by atoms with Gasteiger partial charge in [-0.1, -0.05) is 39.0 Å². The summed E-state index contributed by atoms with van der Waals surface area (Å²) in [6, 6.07) is 17.4. The van der Waals surface area contributed by atoms with Crippen molar-refractivity contribution in [3.8, 4) is 11.5 Å². The van der Waals surface area contributed by atoms with Crippen LogP contribution in [-0.4, -0.2) is 55.1 Å². The van der Waals surface area contributed by atoms with Gasteiger partial charge in [0.1, 0.15) is 17.3 Å². The first-order valence-electron chi connectivity index (χ1n) is 13.3. The number of Topliss-reactive ketones (excluding diaryl/α,β-unsaturated/α-hetero) is 1. The van der Waals surface area contributed by atoms with Crippen molar-refractivity contribution in [1.82, 2.24) is 9.97 Å². The van der Waals surface area contributed by atoms with Crippen LogP contribution in [0, 0.1) is 0 Å². The van der Waals surface area contributed by atoms with Gasteiger partial charge in [0.25, 0.3) is 5.78 Å². The highest BCUT2D eigenvalue weighted by molar-refractivity contribution is 6.51. The van der Waals surface area contributed by atoms with Crippen LogP contribution in [-0.2, 0) is 15.0 Å². The molecule has 2 N–H and O–H groups in total.